The van der Waals surface area contributed by atoms with Crippen molar-refractivity contribution >= 4 is 5.69 Å². The topological polar surface area (TPSA) is 89.4 Å². The molecule has 0 spiro atoms. The predicted molar refractivity (Wildman–Crippen MR) is 63.9 cm³/mol. The summed E-state index contributed by atoms with van der Waals surface area (Å²) < 4.78 is 13.4. The molecule has 1 saturated carbocycles. The molecule has 1 aliphatic rings. The third kappa shape index (κ3) is 1.92. The average molecular weight is 254 g/mol. The van der Waals surface area contributed by atoms with Gasteiger partial charge in [-0.1, -0.05) is 12.8 Å². The highest BCUT2D eigenvalue weighted by Gasteiger charge is 2.38. The maximum atomic E-state index is 13.4. The fourth-order valence-electron chi connectivity index (χ4n) is 2.75. The molecule has 0 atom stereocenters. The van der Waals surface area contributed by atoms with E-state index in [1.807, 2.05) is 0 Å². The van der Waals surface area contributed by atoms with Gasteiger partial charge in [0.05, 0.1) is 4.92 Å². The zero-order valence-corrected chi connectivity index (χ0v) is 9.86. The molecule has 6 heteroatoms. The van der Waals surface area contributed by atoms with Crippen molar-refractivity contribution in [2.45, 2.75) is 31.1 Å². The monoisotopic (exact) mass is 254 g/mol. The first kappa shape index (κ1) is 12.8. The summed E-state index contributed by atoms with van der Waals surface area (Å²) >= 11 is 0. The Morgan fingerprint density at radius 3 is 2.56 bits per heavy atom. The second-order valence-electron chi connectivity index (χ2n) is 4.77. The minimum atomic E-state index is -1.02. The van der Waals surface area contributed by atoms with E-state index in [1.165, 1.54) is 0 Å². The molecule has 0 unspecified atom stereocenters. The second kappa shape index (κ2) is 4.53. The molecule has 1 fully saturated rings. The van der Waals surface area contributed by atoms with Gasteiger partial charge in [-0.2, -0.15) is 4.39 Å². The van der Waals surface area contributed by atoms with E-state index in [0.29, 0.717) is 12.1 Å². The molecule has 5 nitrogen and oxygen atoms in total. The minimum absolute atomic E-state index is 0.245. The van der Waals surface area contributed by atoms with Crippen LogP contribution in [-0.2, 0) is 5.41 Å². The molecule has 0 aromatic heterocycles. The van der Waals surface area contributed by atoms with Gasteiger partial charge >= 0.3 is 5.69 Å². The Balaban J connectivity index is 2.56. The summed E-state index contributed by atoms with van der Waals surface area (Å²) in [5, 5.41) is 20.6. The average Bonchev–Trinajstić information content (AvgIpc) is 2.78. The number of nitrogens with zero attached hydrogens (tertiary/aromatic N) is 1. The Kier molecular flexibility index (Phi) is 3.21. The summed E-state index contributed by atoms with van der Waals surface area (Å²) in [5.74, 6) is -1.27. The van der Waals surface area contributed by atoms with Crippen LogP contribution in [0.2, 0.25) is 0 Å². The summed E-state index contributed by atoms with van der Waals surface area (Å²) in [4.78, 5) is 9.97. The van der Waals surface area contributed by atoms with E-state index in [9.17, 15) is 19.6 Å². The van der Waals surface area contributed by atoms with Crippen LogP contribution in [0.3, 0.4) is 0 Å². The highest BCUT2D eigenvalue weighted by molar-refractivity contribution is 5.48. The highest BCUT2D eigenvalue weighted by Crippen LogP contribution is 2.45. The molecule has 0 radical (unpaired) electrons. The lowest BCUT2D eigenvalue weighted by Crippen LogP contribution is -2.32. The Bertz CT molecular complexity index is 484. The Labute approximate surface area is 104 Å². The number of hydrogen-bond acceptors (Lipinski definition) is 4. The molecule has 3 N–H and O–H groups in total. The second-order valence-corrected chi connectivity index (χ2v) is 4.77. The van der Waals surface area contributed by atoms with Gasteiger partial charge < -0.3 is 10.8 Å². The fraction of sp³-hybridized carbons (Fsp3) is 0.500. The number of nitro groups is 1. The summed E-state index contributed by atoms with van der Waals surface area (Å²) in [7, 11) is 0. The van der Waals surface area contributed by atoms with Crippen molar-refractivity contribution in [1.29, 1.82) is 0 Å². The molecule has 1 aliphatic carbocycles. The molecule has 2 rings (SSSR count). The molecule has 98 valence electrons. The van der Waals surface area contributed by atoms with Gasteiger partial charge in [-0.25, -0.2) is 0 Å². The zero-order valence-electron chi connectivity index (χ0n) is 9.86. The molecule has 1 aromatic rings. The first-order valence-electron chi connectivity index (χ1n) is 5.87. The third-order valence-corrected chi connectivity index (χ3v) is 3.78. The van der Waals surface area contributed by atoms with E-state index in [1.54, 1.807) is 0 Å². The van der Waals surface area contributed by atoms with Gasteiger partial charge in [0.15, 0.2) is 0 Å². The molecule has 1 aromatic carbocycles. The Hall–Kier alpha value is -1.69. The zero-order chi connectivity index (χ0) is 13.3. The van der Waals surface area contributed by atoms with Crippen molar-refractivity contribution in [3.63, 3.8) is 0 Å². The van der Waals surface area contributed by atoms with Crippen molar-refractivity contribution < 1.29 is 14.4 Å². The van der Waals surface area contributed by atoms with Gasteiger partial charge in [0, 0.05) is 29.7 Å². The molecular formula is C12H15FN2O3. The van der Waals surface area contributed by atoms with Crippen LogP contribution in [0.1, 0.15) is 31.2 Å². The van der Waals surface area contributed by atoms with Crippen LogP contribution < -0.4 is 5.73 Å². The smallest absolute Gasteiger partial charge is 0.305 e. The van der Waals surface area contributed by atoms with Crippen LogP contribution in [0, 0.1) is 15.9 Å². The lowest BCUT2D eigenvalue weighted by atomic mass is 9.78. The molecule has 0 bridgehead atoms. The van der Waals surface area contributed by atoms with Gasteiger partial charge in [-0.05, 0) is 12.8 Å². The van der Waals surface area contributed by atoms with Crippen LogP contribution in [0.5, 0.6) is 5.75 Å². The Morgan fingerprint density at radius 1 is 1.44 bits per heavy atom. The Morgan fingerprint density at radius 2 is 2.06 bits per heavy atom. The number of phenols is 1. The van der Waals surface area contributed by atoms with Gasteiger partial charge in [0.1, 0.15) is 5.75 Å². The first-order chi connectivity index (χ1) is 8.50. The molecule has 0 heterocycles. The van der Waals surface area contributed by atoms with E-state index < -0.39 is 21.8 Å². The van der Waals surface area contributed by atoms with Crippen molar-refractivity contribution in [3.8, 4) is 5.75 Å². The van der Waals surface area contributed by atoms with E-state index in [2.05, 4.69) is 0 Å². The minimum Gasteiger partial charge on any atom is -0.508 e. The standard InChI is InChI=1S/C12H15FN2O3/c13-9-6-11(16)8(5-10(9)15(17)18)12(7-14)3-1-2-4-12/h5-6,16H,1-4,7,14H2. The molecule has 0 saturated heterocycles. The number of aromatic hydroxyl groups is 1. The molecule has 18 heavy (non-hydrogen) atoms. The van der Waals surface area contributed by atoms with Gasteiger partial charge in [0.2, 0.25) is 5.82 Å². The highest BCUT2D eigenvalue weighted by atomic mass is 19.1. The third-order valence-electron chi connectivity index (χ3n) is 3.78. The molecule has 0 aliphatic heterocycles. The van der Waals surface area contributed by atoms with Gasteiger partial charge in [-0.3, -0.25) is 10.1 Å². The number of benzene rings is 1. The van der Waals surface area contributed by atoms with Crippen molar-refractivity contribution in [2.75, 3.05) is 6.54 Å². The predicted octanol–water partition coefficient (Wildman–Crippen LogP) is 2.21. The van der Waals surface area contributed by atoms with Crippen LogP contribution in [0.25, 0.3) is 0 Å². The maximum absolute atomic E-state index is 13.4. The van der Waals surface area contributed by atoms with E-state index >= 15 is 0 Å². The number of rotatable bonds is 3. The lowest BCUT2D eigenvalue weighted by molar-refractivity contribution is -0.387. The van der Waals surface area contributed by atoms with Crippen molar-refractivity contribution in [1.82, 2.24) is 0 Å². The van der Waals surface area contributed by atoms with Crippen LogP contribution in [0.15, 0.2) is 12.1 Å². The summed E-state index contributed by atoms with van der Waals surface area (Å²) in [6, 6.07) is 1.94. The van der Waals surface area contributed by atoms with Crippen LogP contribution in [0.4, 0.5) is 10.1 Å². The number of phenolic OH excluding ortho intramolecular Hbond substituents is 1. The summed E-state index contributed by atoms with van der Waals surface area (Å²) in [6.07, 6.45) is 3.45. The fourth-order valence-corrected chi connectivity index (χ4v) is 2.75. The van der Waals surface area contributed by atoms with Gasteiger partial charge in [-0.15, -0.1) is 0 Å². The van der Waals surface area contributed by atoms with E-state index in [4.69, 9.17) is 5.73 Å². The van der Waals surface area contributed by atoms with Crippen LogP contribution in [-0.4, -0.2) is 16.6 Å². The quantitative estimate of drug-likeness (QED) is 0.639. The van der Waals surface area contributed by atoms with Gasteiger partial charge in [0.25, 0.3) is 0 Å². The van der Waals surface area contributed by atoms with E-state index in [-0.39, 0.29) is 5.75 Å². The molecular weight excluding hydrogens is 239 g/mol. The number of nitro benzene ring substituents is 1. The number of halogens is 1. The largest absolute Gasteiger partial charge is 0.508 e. The summed E-state index contributed by atoms with van der Waals surface area (Å²) in [5.41, 5.74) is 5.09. The normalized spacial score (nSPS) is 17.9. The van der Waals surface area contributed by atoms with E-state index in [0.717, 1.165) is 37.8 Å². The maximum Gasteiger partial charge on any atom is 0.305 e. The number of hydrogen-bond donors (Lipinski definition) is 2. The molecule has 0 amide bonds. The van der Waals surface area contributed by atoms with Crippen LogP contribution >= 0.6 is 0 Å². The van der Waals surface area contributed by atoms with Crippen molar-refractivity contribution in [3.05, 3.63) is 33.6 Å². The summed E-state index contributed by atoms with van der Waals surface area (Å²) in [6.45, 7) is 0.295. The lowest BCUT2D eigenvalue weighted by Gasteiger charge is -2.28. The SMILES string of the molecule is NCC1(c2cc([N+](=O)[O-])c(F)cc2O)CCCC1. The van der Waals surface area contributed by atoms with Crippen molar-refractivity contribution in [2.24, 2.45) is 5.73 Å². The number of nitrogens with two attached hydrogens (primary N) is 1. The first-order valence-corrected chi connectivity index (χ1v) is 5.87.